The van der Waals surface area contributed by atoms with Crippen molar-refractivity contribution in [2.75, 3.05) is 25.5 Å². The van der Waals surface area contributed by atoms with Crippen LogP contribution >= 0.6 is 0 Å². The van der Waals surface area contributed by atoms with Gasteiger partial charge in [0.2, 0.25) is 0 Å². The van der Waals surface area contributed by atoms with Crippen LogP contribution in [0.15, 0.2) is 48.5 Å². The van der Waals surface area contributed by atoms with E-state index in [1.165, 1.54) is 17.3 Å². The first-order valence-electron chi connectivity index (χ1n) is 7.49. The molecule has 0 bridgehead atoms. The third-order valence-electron chi connectivity index (χ3n) is 4.20. The van der Waals surface area contributed by atoms with Crippen molar-refractivity contribution in [3.05, 3.63) is 65.5 Å². The molecule has 1 aliphatic rings. The number of rotatable bonds is 5. The third kappa shape index (κ3) is 3.24. The van der Waals surface area contributed by atoms with Crippen LogP contribution < -0.4 is 5.32 Å². The smallest absolute Gasteiger partial charge is 0.127 e. The minimum absolute atomic E-state index is 0.114. The Labute approximate surface area is 125 Å². The van der Waals surface area contributed by atoms with E-state index in [1.54, 1.807) is 6.07 Å². The first-order chi connectivity index (χ1) is 10.2. The summed E-state index contributed by atoms with van der Waals surface area (Å²) in [6.45, 7) is 2.64. The maximum absolute atomic E-state index is 13.7. The summed E-state index contributed by atoms with van der Waals surface area (Å²) in [5.74, 6) is 0.446. The van der Waals surface area contributed by atoms with E-state index in [0.717, 1.165) is 25.1 Å². The molecule has 1 unspecified atom stereocenters. The molecule has 110 valence electrons. The minimum atomic E-state index is -0.114. The maximum atomic E-state index is 13.7. The van der Waals surface area contributed by atoms with Gasteiger partial charge in [0, 0.05) is 30.3 Å². The molecule has 2 aromatic carbocycles. The number of anilines is 1. The van der Waals surface area contributed by atoms with Crippen molar-refractivity contribution in [3.8, 4) is 0 Å². The summed E-state index contributed by atoms with van der Waals surface area (Å²) in [5, 5.41) is 3.45. The number of hydrogen-bond donors (Lipinski definition) is 1. The molecular weight excluding hydrogens is 263 g/mol. The van der Waals surface area contributed by atoms with Gasteiger partial charge in [0.1, 0.15) is 5.82 Å². The van der Waals surface area contributed by atoms with Crippen LogP contribution in [-0.2, 0) is 6.54 Å². The van der Waals surface area contributed by atoms with Crippen molar-refractivity contribution < 1.29 is 4.39 Å². The van der Waals surface area contributed by atoms with Crippen LogP contribution in [0.3, 0.4) is 0 Å². The van der Waals surface area contributed by atoms with Crippen LogP contribution in [0.4, 0.5) is 10.1 Å². The van der Waals surface area contributed by atoms with Crippen molar-refractivity contribution in [2.45, 2.75) is 18.9 Å². The van der Waals surface area contributed by atoms with Gasteiger partial charge in [-0.3, -0.25) is 0 Å². The molecule has 2 nitrogen and oxygen atoms in total. The highest BCUT2D eigenvalue weighted by atomic mass is 19.1. The number of nitrogens with zero attached hydrogens (tertiary/aromatic N) is 1. The molecule has 1 heterocycles. The highest BCUT2D eigenvalue weighted by Gasteiger charge is 2.21. The van der Waals surface area contributed by atoms with E-state index in [4.69, 9.17) is 0 Å². The number of para-hydroxylation sites is 1. The van der Waals surface area contributed by atoms with E-state index in [2.05, 4.69) is 41.5 Å². The van der Waals surface area contributed by atoms with E-state index >= 15 is 0 Å². The molecule has 0 aromatic heterocycles. The highest BCUT2D eigenvalue weighted by Crippen LogP contribution is 2.33. The number of benzene rings is 2. The first-order valence-corrected chi connectivity index (χ1v) is 7.49. The van der Waals surface area contributed by atoms with Gasteiger partial charge in [-0.2, -0.15) is 0 Å². The van der Waals surface area contributed by atoms with Crippen molar-refractivity contribution >= 4 is 5.69 Å². The normalized spacial score (nSPS) is 16.8. The van der Waals surface area contributed by atoms with Gasteiger partial charge in [0.05, 0.1) is 0 Å². The van der Waals surface area contributed by atoms with Crippen molar-refractivity contribution in [1.29, 1.82) is 0 Å². The Morgan fingerprint density at radius 3 is 2.76 bits per heavy atom. The molecule has 0 radical (unpaired) electrons. The van der Waals surface area contributed by atoms with Gasteiger partial charge in [-0.1, -0.05) is 36.4 Å². The predicted octanol–water partition coefficient (Wildman–Crippen LogP) is 3.86. The summed E-state index contributed by atoms with van der Waals surface area (Å²) in [6.07, 6.45) is 1.09. The molecular formula is C18H21FN2. The van der Waals surface area contributed by atoms with Crippen LogP contribution in [0.2, 0.25) is 0 Å². The van der Waals surface area contributed by atoms with Crippen molar-refractivity contribution in [3.63, 3.8) is 0 Å². The summed E-state index contributed by atoms with van der Waals surface area (Å²) in [4.78, 5) is 2.19. The van der Waals surface area contributed by atoms with E-state index in [0.29, 0.717) is 12.5 Å². The van der Waals surface area contributed by atoms with Gasteiger partial charge >= 0.3 is 0 Å². The summed E-state index contributed by atoms with van der Waals surface area (Å²) >= 11 is 0. The minimum Gasteiger partial charge on any atom is -0.384 e. The van der Waals surface area contributed by atoms with Crippen LogP contribution in [0.1, 0.15) is 23.5 Å². The summed E-state index contributed by atoms with van der Waals surface area (Å²) in [6, 6.07) is 15.5. The quantitative estimate of drug-likeness (QED) is 0.897. The van der Waals surface area contributed by atoms with Crippen LogP contribution in [0.25, 0.3) is 0 Å². The Morgan fingerprint density at radius 1 is 1.14 bits per heavy atom. The fourth-order valence-electron chi connectivity index (χ4n) is 2.99. The zero-order chi connectivity index (χ0) is 14.7. The molecule has 0 saturated carbocycles. The number of fused-ring (bicyclic) bond motifs is 1. The second-order valence-electron chi connectivity index (χ2n) is 5.78. The molecule has 0 spiro atoms. The second kappa shape index (κ2) is 6.27. The maximum Gasteiger partial charge on any atom is 0.127 e. The zero-order valence-corrected chi connectivity index (χ0v) is 12.3. The topological polar surface area (TPSA) is 15.3 Å². The molecule has 0 amide bonds. The Kier molecular flexibility index (Phi) is 4.20. The zero-order valence-electron chi connectivity index (χ0n) is 12.3. The van der Waals surface area contributed by atoms with Crippen molar-refractivity contribution in [2.24, 2.45) is 0 Å². The number of halogens is 1. The Morgan fingerprint density at radius 2 is 1.90 bits per heavy atom. The van der Waals surface area contributed by atoms with Crippen LogP contribution in [0.5, 0.6) is 0 Å². The lowest BCUT2D eigenvalue weighted by atomic mass is 9.98. The summed E-state index contributed by atoms with van der Waals surface area (Å²) < 4.78 is 13.7. The molecule has 1 aliphatic heterocycles. The number of nitrogens with one attached hydrogen (secondary N) is 1. The average Bonchev–Trinajstić information content (AvgIpc) is 2.91. The van der Waals surface area contributed by atoms with Gasteiger partial charge in [-0.05, 0) is 37.7 Å². The molecule has 3 heteroatoms. The van der Waals surface area contributed by atoms with E-state index < -0.39 is 0 Å². The molecule has 1 atom stereocenters. The number of hydrogen-bond acceptors (Lipinski definition) is 2. The fourth-order valence-corrected chi connectivity index (χ4v) is 2.99. The van der Waals surface area contributed by atoms with Gasteiger partial charge in [-0.25, -0.2) is 4.39 Å². The lowest BCUT2D eigenvalue weighted by molar-refractivity contribution is 0.308. The third-order valence-corrected chi connectivity index (χ3v) is 4.20. The molecule has 0 saturated heterocycles. The Balaban J connectivity index is 1.55. The lowest BCUT2D eigenvalue weighted by Crippen LogP contribution is -2.22. The molecule has 0 aliphatic carbocycles. The van der Waals surface area contributed by atoms with Gasteiger partial charge in [0.25, 0.3) is 0 Å². The van der Waals surface area contributed by atoms with Crippen molar-refractivity contribution in [1.82, 2.24) is 4.90 Å². The van der Waals surface area contributed by atoms with Gasteiger partial charge in [-0.15, -0.1) is 0 Å². The lowest BCUT2D eigenvalue weighted by Gasteiger charge is -2.19. The molecule has 3 rings (SSSR count). The van der Waals surface area contributed by atoms with Crippen LogP contribution in [0, 0.1) is 5.82 Å². The Hall–Kier alpha value is -1.87. The fraction of sp³-hybridized carbons (Fsp3) is 0.333. The average molecular weight is 284 g/mol. The predicted molar refractivity (Wildman–Crippen MR) is 85.0 cm³/mol. The summed E-state index contributed by atoms with van der Waals surface area (Å²) in [7, 11) is 2.06. The standard InChI is InChI=1S/C18H21FN2/c1-21(13-15-6-2-4-8-17(15)19)11-10-14-12-20-18-9-5-3-7-16(14)18/h2-9,14,20H,10-13H2,1H3. The van der Waals surface area contributed by atoms with E-state index in [9.17, 15) is 4.39 Å². The SMILES string of the molecule is CN(CCC1CNc2ccccc21)Cc1ccccc1F. The monoisotopic (exact) mass is 284 g/mol. The molecule has 1 N–H and O–H groups in total. The largest absolute Gasteiger partial charge is 0.384 e. The van der Waals surface area contributed by atoms with Crippen LogP contribution in [-0.4, -0.2) is 25.0 Å². The second-order valence-corrected chi connectivity index (χ2v) is 5.78. The van der Waals surface area contributed by atoms with Gasteiger partial charge < -0.3 is 10.2 Å². The summed E-state index contributed by atoms with van der Waals surface area (Å²) in [5.41, 5.74) is 3.45. The molecule has 0 fully saturated rings. The van der Waals surface area contributed by atoms with Gasteiger partial charge in [0.15, 0.2) is 0 Å². The molecule has 21 heavy (non-hydrogen) atoms. The first kappa shape index (κ1) is 14.1. The van der Waals surface area contributed by atoms with E-state index in [-0.39, 0.29) is 5.82 Å². The highest BCUT2D eigenvalue weighted by molar-refractivity contribution is 5.57. The Bertz CT molecular complexity index is 612. The molecule has 2 aromatic rings. The van der Waals surface area contributed by atoms with E-state index in [1.807, 2.05) is 12.1 Å².